The lowest BCUT2D eigenvalue weighted by molar-refractivity contribution is -0.0150. The molecule has 1 N–H and O–H groups in total. The number of hydrogen-bond acceptors (Lipinski definition) is 3. The normalized spacial score (nSPS) is 13.3. The molecular formula is C16H26ClNO2. The summed E-state index contributed by atoms with van der Waals surface area (Å²) in [6.07, 6.45) is 1.06. The van der Waals surface area contributed by atoms with Gasteiger partial charge in [0, 0.05) is 10.6 Å². The van der Waals surface area contributed by atoms with Crippen molar-refractivity contribution >= 4 is 11.6 Å². The third-order valence-corrected chi connectivity index (χ3v) is 3.13. The number of rotatable bonds is 7. The molecule has 1 aromatic carbocycles. The maximum atomic E-state index is 6.12. The van der Waals surface area contributed by atoms with Gasteiger partial charge in [0.2, 0.25) is 0 Å². The van der Waals surface area contributed by atoms with Gasteiger partial charge in [-0.25, -0.2) is 0 Å². The Labute approximate surface area is 127 Å². The Bertz CT molecular complexity index is 415. The first-order valence-corrected chi connectivity index (χ1v) is 7.46. The predicted octanol–water partition coefficient (Wildman–Crippen LogP) is 4.20. The SMILES string of the molecule is CCCNC(COC(C)(C)C)c1cc(Cl)ccc1OC. The summed E-state index contributed by atoms with van der Waals surface area (Å²) in [7, 11) is 1.67. The molecule has 3 nitrogen and oxygen atoms in total. The lowest BCUT2D eigenvalue weighted by atomic mass is 10.1. The van der Waals surface area contributed by atoms with Crippen LogP contribution >= 0.6 is 11.6 Å². The average molecular weight is 300 g/mol. The summed E-state index contributed by atoms with van der Waals surface area (Å²) in [5.74, 6) is 0.834. The van der Waals surface area contributed by atoms with Crippen molar-refractivity contribution in [3.63, 3.8) is 0 Å². The molecule has 0 bridgehead atoms. The van der Waals surface area contributed by atoms with Crippen molar-refractivity contribution in [1.82, 2.24) is 5.32 Å². The molecule has 0 amide bonds. The molecule has 1 rings (SSSR count). The molecular weight excluding hydrogens is 274 g/mol. The zero-order valence-electron chi connectivity index (χ0n) is 13.1. The van der Waals surface area contributed by atoms with E-state index in [1.54, 1.807) is 7.11 Å². The fraction of sp³-hybridized carbons (Fsp3) is 0.625. The minimum Gasteiger partial charge on any atom is -0.496 e. The van der Waals surface area contributed by atoms with Gasteiger partial charge < -0.3 is 14.8 Å². The Hall–Kier alpha value is -0.770. The van der Waals surface area contributed by atoms with Crippen LogP contribution in [-0.4, -0.2) is 25.9 Å². The van der Waals surface area contributed by atoms with Gasteiger partial charge in [-0.15, -0.1) is 0 Å². The molecule has 0 aliphatic carbocycles. The van der Waals surface area contributed by atoms with Crippen LogP contribution in [0.4, 0.5) is 0 Å². The van der Waals surface area contributed by atoms with Crippen LogP contribution in [-0.2, 0) is 4.74 Å². The van der Waals surface area contributed by atoms with E-state index in [1.165, 1.54) is 0 Å². The number of benzene rings is 1. The highest BCUT2D eigenvalue weighted by Crippen LogP contribution is 2.29. The molecule has 0 aromatic heterocycles. The largest absolute Gasteiger partial charge is 0.496 e. The van der Waals surface area contributed by atoms with Crippen molar-refractivity contribution in [3.05, 3.63) is 28.8 Å². The first-order valence-electron chi connectivity index (χ1n) is 7.08. The van der Waals surface area contributed by atoms with Crippen LogP contribution in [0, 0.1) is 0 Å². The molecule has 0 spiro atoms. The van der Waals surface area contributed by atoms with Gasteiger partial charge in [0.25, 0.3) is 0 Å². The molecule has 4 heteroatoms. The summed E-state index contributed by atoms with van der Waals surface area (Å²) in [6.45, 7) is 9.81. The number of halogens is 1. The molecule has 0 aliphatic rings. The number of ether oxygens (including phenoxy) is 2. The van der Waals surface area contributed by atoms with E-state index in [4.69, 9.17) is 21.1 Å². The molecule has 0 aliphatic heterocycles. The van der Waals surface area contributed by atoms with E-state index in [9.17, 15) is 0 Å². The number of hydrogen-bond donors (Lipinski definition) is 1. The Balaban J connectivity index is 2.94. The molecule has 0 radical (unpaired) electrons. The van der Waals surface area contributed by atoms with Crippen LogP contribution in [0.5, 0.6) is 5.75 Å². The van der Waals surface area contributed by atoms with Gasteiger partial charge >= 0.3 is 0 Å². The van der Waals surface area contributed by atoms with Crippen molar-refractivity contribution in [2.24, 2.45) is 0 Å². The van der Waals surface area contributed by atoms with Crippen molar-refractivity contribution in [2.45, 2.75) is 45.8 Å². The molecule has 20 heavy (non-hydrogen) atoms. The summed E-state index contributed by atoms with van der Waals surface area (Å²) in [4.78, 5) is 0. The minimum absolute atomic E-state index is 0.0721. The molecule has 0 saturated carbocycles. The van der Waals surface area contributed by atoms with Crippen LogP contribution in [0.1, 0.15) is 45.7 Å². The molecule has 1 atom stereocenters. The third-order valence-electron chi connectivity index (χ3n) is 2.89. The quantitative estimate of drug-likeness (QED) is 0.818. The lowest BCUT2D eigenvalue weighted by Gasteiger charge is -2.26. The van der Waals surface area contributed by atoms with Gasteiger partial charge in [-0.3, -0.25) is 0 Å². The van der Waals surface area contributed by atoms with Gasteiger partial charge in [-0.05, 0) is 51.9 Å². The van der Waals surface area contributed by atoms with Crippen LogP contribution in [0.3, 0.4) is 0 Å². The standard InChI is InChI=1S/C16H26ClNO2/c1-6-9-18-14(11-20-16(2,3)4)13-10-12(17)7-8-15(13)19-5/h7-8,10,14,18H,6,9,11H2,1-5H3. The summed E-state index contributed by atoms with van der Waals surface area (Å²) in [6, 6.07) is 5.75. The minimum atomic E-state index is -0.169. The highest BCUT2D eigenvalue weighted by atomic mass is 35.5. The second-order valence-corrected chi connectivity index (χ2v) is 6.25. The van der Waals surface area contributed by atoms with E-state index in [0.29, 0.717) is 11.6 Å². The fourth-order valence-electron chi connectivity index (χ4n) is 1.89. The zero-order valence-corrected chi connectivity index (χ0v) is 13.9. The van der Waals surface area contributed by atoms with Crippen molar-refractivity contribution in [2.75, 3.05) is 20.3 Å². The van der Waals surface area contributed by atoms with Crippen molar-refractivity contribution < 1.29 is 9.47 Å². The molecule has 0 fully saturated rings. The molecule has 114 valence electrons. The first kappa shape index (κ1) is 17.3. The Kier molecular flexibility index (Phi) is 6.80. The number of nitrogens with one attached hydrogen (secondary N) is 1. The smallest absolute Gasteiger partial charge is 0.123 e. The Morgan fingerprint density at radius 2 is 2.00 bits per heavy atom. The van der Waals surface area contributed by atoms with Crippen LogP contribution < -0.4 is 10.1 Å². The van der Waals surface area contributed by atoms with Gasteiger partial charge in [0.15, 0.2) is 0 Å². The Morgan fingerprint density at radius 3 is 2.55 bits per heavy atom. The van der Waals surface area contributed by atoms with Crippen LogP contribution in [0.25, 0.3) is 0 Å². The van der Waals surface area contributed by atoms with Gasteiger partial charge in [0.1, 0.15) is 5.75 Å². The summed E-state index contributed by atoms with van der Waals surface area (Å²) >= 11 is 6.12. The second-order valence-electron chi connectivity index (χ2n) is 5.82. The molecule has 1 unspecified atom stereocenters. The van der Waals surface area contributed by atoms with Crippen molar-refractivity contribution in [1.29, 1.82) is 0 Å². The average Bonchev–Trinajstić information content (AvgIpc) is 2.37. The predicted molar refractivity (Wildman–Crippen MR) is 84.7 cm³/mol. The van der Waals surface area contributed by atoms with Crippen LogP contribution in [0.15, 0.2) is 18.2 Å². The van der Waals surface area contributed by atoms with E-state index in [1.807, 2.05) is 18.2 Å². The Morgan fingerprint density at radius 1 is 1.30 bits per heavy atom. The maximum absolute atomic E-state index is 6.12. The highest BCUT2D eigenvalue weighted by Gasteiger charge is 2.20. The summed E-state index contributed by atoms with van der Waals surface area (Å²) < 4.78 is 11.4. The monoisotopic (exact) mass is 299 g/mol. The number of methoxy groups -OCH3 is 1. The zero-order chi connectivity index (χ0) is 15.2. The topological polar surface area (TPSA) is 30.5 Å². The molecule has 1 aromatic rings. The van der Waals surface area contributed by atoms with E-state index < -0.39 is 0 Å². The third kappa shape index (κ3) is 5.70. The second kappa shape index (κ2) is 7.87. The molecule has 0 saturated heterocycles. The van der Waals surface area contributed by atoms with Gasteiger partial charge in [-0.2, -0.15) is 0 Å². The van der Waals surface area contributed by atoms with E-state index in [-0.39, 0.29) is 11.6 Å². The highest BCUT2D eigenvalue weighted by molar-refractivity contribution is 6.30. The van der Waals surface area contributed by atoms with E-state index >= 15 is 0 Å². The maximum Gasteiger partial charge on any atom is 0.123 e. The molecule has 0 heterocycles. The lowest BCUT2D eigenvalue weighted by Crippen LogP contribution is -2.31. The van der Waals surface area contributed by atoms with Gasteiger partial charge in [-0.1, -0.05) is 18.5 Å². The van der Waals surface area contributed by atoms with Gasteiger partial charge in [0.05, 0.1) is 25.4 Å². The van der Waals surface area contributed by atoms with Crippen molar-refractivity contribution in [3.8, 4) is 5.75 Å². The van der Waals surface area contributed by atoms with E-state index in [0.717, 1.165) is 24.3 Å². The first-order chi connectivity index (χ1) is 9.37. The van der Waals surface area contributed by atoms with E-state index in [2.05, 4.69) is 33.0 Å². The summed E-state index contributed by atoms with van der Waals surface area (Å²) in [5.41, 5.74) is 0.871. The fourth-order valence-corrected chi connectivity index (χ4v) is 2.07. The van der Waals surface area contributed by atoms with Crippen LogP contribution in [0.2, 0.25) is 5.02 Å². The summed E-state index contributed by atoms with van der Waals surface area (Å²) in [5, 5.41) is 4.20.